The lowest BCUT2D eigenvalue weighted by molar-refractivity contribution is 0.257. The van der Waals surface area contributed by atoms with Gasteiger partial charge in [-0.3, -0.25) is 0 Å². The minimum Gasteiger partial charge on any atom is -0.399 e. The highest BCUT2D eigenvalue weighted by atomic mass is 32.2. The van der Waals surface area contributed by atoms with Gasteiger partial charge in [0.15, 0.2) is 0 Å². The summed E-state index contributed by atoms with van der Waals surface area (Å²) in [6.07, 6.45) is 2.14. The molecule has 7 heteroatoms. The molecule has 1 aliphatic rings. The van der Waals surface area contributed by atoms with E-state index in [0.717, 1.165) is 25.9 Å². The molecule has 1 saturated heterocycles. The molecule has 0 aromatic heterocycles. The van der Waals surface area contributed by atoms with Gasteiger partial charge in [0.1, 0.15) is 4.90 Å². The number of benzene rings is 1. The van der Waals surface area contributed by atoms with Gasteiger partial charge in [-0.2, -0.15) is 0 Å². The van der Waals surface area contributed by atoms with Gasteiger partial charge in [0.05, 0.1) is 5.69 Å². The molecular formula is C13H22N4O2S. The average molecular weight is 298 g/mol. The maximum absolute atomic E-state index is 11.7. The second-order valence-electron chi connectivity index (χ2n) is 5.48. The molecule has 0 radical (unpaired) electrons. The lowest BCUT2D eigenvalue weighted by Crippen LogP contribution is -2.45. The number of hydrogen-bond acceptors (Lipinski definition) is 5. The van der Waals surface area contributed by atoms with E-state index < -0.39 is 10.0 Å². The Kier molecular flexibility index (Phi) is 4.22. The molecule has 1 aromatic carbocycles. The molecule has 112 valence electrons. The highest BCUT2D eigenvalue weighted by Gasteiger charge is 2.25. The van der Waals surface area contributed by atoms with Gasteiger partial charge in [-0.25, -0.2) is 13.6 Å². The van der Waals surface area contributed by atoms with Crippen LogP contribution in [0.4, 0.5) is 11.4 Å². The smallest absolute Gasteiger partial charge is 0.240 e. The zero-order valence-corrected chi connectivity index (χ0v) is 12.7. The van der Waals surface area contributed by atoms with Gasteiger partial charge in [0.25, 0.3) is 0 Å². The number of sulfonamides is 1. The summed E-state index contributed by atoms with van der Waals surface area (Å²) in [7, 11) is 0.301. The first-order valence-electron chi connectivity index (χ1n) is 6.63. The Morgan fingerprint density at radius 1 is 1.35 bits per heavy atom. The number of primary sulfonamides is 1. The molecule has 1 atom stereocenters. The van der Waals surface area contributed by atoms with E-state index in [1.54, 1.807) is 12.1 Å². The van der Waals surface area contributed by atoms with Crippen molar-refractivity contribution in [3.8, 4) is 0 Å². The third kappa shape index (κ3) is 3.23. The first-order valence-corrected chi connectivity index (χ1v) is 8.17. The van der Waals surface area contributed by atoms with E-state index >= 15 is 0 Å². The fourth-order valence-electron chi connectivity index (χ4n) is 2.61. The van der Waals surface area contributed by atoms with Crippen molar-refractivity contribution in [1.29, 1.82) is 0 Å². The molecule has 1 unspecified atom stereocenters. The number of piperidine rings is 1. The van der Waals surface area contributed by atoms with Crippen molar-refractivity contribution in [2.75, 3.05) is 37.8 Å². The normalized spacial score (nSPS) is 20.4. The molecule has 6 nitrogen and oxygen atoms in total. The van der Waals surface area contributed by atoms with Gasteiger partial charge >= 0.3 is 0 Å². The van der Waals surface area contributed by atoms with Crippen LogP contribution < -0.4 is 15.8 Å². The van der Waals surface area contributed by atoms with Gasteiger partial charge in [0.2, 0.25) is 10.0 Å². The summed E-state index contributed by atoms with van der Waals surface area (Å²) in [5.74, 6) is 0. The number of hydrogen-bond donors (Lipinski definition) is 2. The van der Waals surface area contributed by atoms with Crippen LogP contribution in [0.3, 0.4) is 0 Å². The van der Waals surface area contributed by atoms with Crippen LogP contribution in [-0.2, 0) is 10.0 Å². The molecule has 2 rings (SSSR count). The lowest BCUT2D eigenvalue weighted by Gasteiger charge is -2.38. The highest BCUT2D eigenvalue weighted by Crippen LogP contribution is 2.29. The molecule has 4 N–H and O–H groups in total. The van der Waals surface area contributed by atoms with Crippen LogP contribution in [0.1, 0.15) is 12.8 Å². The van der Waals surface area contributed by atoms with Crippen molar-refractivity contribution in [1.82, 2.24) is 4.90 Å². The van der Waals surface area contributed by atoms with Crippen LogP contribution in [0.2, 0.25) is 0 Å². The standard InChI is InChI=1S/C13H22N4O2S/c1-16(2)11-4-3-7-17(9-11)12-6-5-10(14)8-13(12)20(15,18)19/h5-6,8,11H,3-4,7,9,14H2,1-2H3,(H2,15,18,19). The third-order valence-electron chi connectivity index (χ3n) is 3.76. The zero-order valence-electron chi connectivity index (χ0n) is 11.9. The highest BCUT2D eigenvalue weighted by molar-refractivity contribution is 7.89. The number of nitrogens with zero attached hydrogens (tertiary/aromatic N) is 2. The summed E-state index contributed by atoms with van der Waals surface area (Å²) in [5.41, 5.74) is 6.73. The predicted molar refractivity (Wildman–Crippen MR) is 81.1 cm³/mol. The topological polar surface area (TPSA) is 92.7 Å². The van der Waals surface area contributed by atoms with E-state index in [2.05, 4.69) is 9.80 Å². The molecule has 0 aliphatic carbocycles. The van der Waals surface area contributed by atoms with Crippen molar-refractivity contribution in [3.63, 3.8) is 0 Å². The molecule has 1 fully saturated rings. The van der Waals surface area contributed by atoms with Crippen LogP contribution in [0.25, 0.3) is 0 Å². The van der Waals surface area contributed by atoms with Crippen LogP contribution in [-0.4, -0.2) is 46.5 Å². The second-order valence-corrected chi connectivity index (χ2v) is 7.01. The Labute approximate surface area is 120 Å². The van der Waals surface area contributed by atoms with Gasteiger partial charge in [-0.15, -0.1) is 0 Å². The maximum atomic E-state index is 11.7. The van der Waals surface area contributed by atoms with Crippen molar-refractivity contribution >= 4 is 21.4 Å². The Morgan fingerprint density at radius 3 is 2.65 bits per heavy atom. The van der Waals surface area contributed by atoms with Crippen molar-refractivity contribution in [2.45, 2.75) is 23.8 Å². The summed E-state index contributed by atoms with van der Waals surface area (Å²) in [5, 5.41) is 5.31. The van der Waals surface area contributed by atoms with E-state index in [0.29, 0.717) is 17.4 Å². The van der Waals surface area contributed by atoms with Crippen LogP contribution >= 0.6 is 0 Å². The molecule has 20 heavy (non-hydrogen) atoms. The molecule has 0 bridgehead atoms. The molecule has 1 aromatic rings. The Balaban J connectivity index is 2.37. The molecule has 1 aliphatic heterocycles. The van der Waals surface area contributed by atoms with Crippen molar-refractivity contribution in [3.05, 3.63) is 18.2 Å². The van der Waals surface area contributed by atoms with Crippen molar-refractivity contribution < 1.29 is 8.42 Å². The summed E-state index contributed by atoms with van der Waals surface area (Å²) in [6.45, 7) is 1.62. The molecular weight excluding hydrogens is 276 g/mol. The fraction of sp³-hybridized carbons (Fsp3) is 0.538. The largest absolute Gasteiger partial charge is 0.399 e. The average Bonchev–Trinajstić information content (AvgIpc) is 2.37. The maximum Gasteiger partial charge on any atom is 0.240 e. The van der Waals surface area contributed by atoms with E-state index in [1.807, 2.05) is 14.1 Å². The number of rotatable bonds is 3. The van der Waals surface area contributed by atoms with Gasteiger partial charge in [0, 0.05) is 24.8 Å². The SMILES string of the molecule is CN(C)C1CCCN(c2ccc(N)cc2S(N)(=O)=O)C1. The van der Waals surface area contributed by atoms with E-state index in [1.165, 1.54) is 6.07 Å². The van der Waals surface area contributed by atoms with E-state index in [-0.39, 0.29) is 4.90 Å². The van der Waals surface area contributed by atoms with Gasteiger partial charge in [-0.05, 0) is 45.1 Å². The molecule has 1 heterocycles. The summed E-state index contributed by atoms with van der Waals surface area (Å²) >= 11 is 0. The molecule has 0 amide bonds. The van der Waals surface area contributed by atoms with E-state index in [4.69, 9.17) is 10.9 Å². The Bertz CT molecular complexity index is 586. The van der Waals surface area contributed by atoms with Gasteiger partial charge in [-0.1, -0.05) is 0 Å². The lowest BCUT2D eigenvalue weighted by atomic mass is 10.0. The van der Waals surface area contributed by atoms with Crippen LogP contribution in [0.5, 0.6) is 0 Å². The Hall–Kier alpha value is -1.31. The summed E-state index contributed by atoms with van der Waals surface area (Å²) in [6, 6.07) is 5.30. The Morgan fingerprint density at radius 2 is 2.05 bits per heavy atom. The zero-order chi connectivity index (χ0) is 14.9. The number of nitrogens with two attached hydrogens (primary N) is 2. The first-order chi connectivity index (χ1) is 9.29. The fourth-order valence-corrected chi connectivity index (χ4v) is 3.40. The quantitative estimate of drug-likeness (QED) is 0.790. The first kappa shape index (κ1) is 15.1. The van der Waals surface area contributed by atoms with E-state index in [9.17, 15) is 8.42 Å². The minimum atomic E-state index is -3.78. The monoisotopic (exact) mass is 298 g/mol. The van der Waals surface area contributed by atoms with Crippen LogP contribution in [0, 0.1) is 0 Å². The second kappa shape index (κ2) is 5.59. The minimum absolute atomic E-state index is 0.108. The molecule has 0 saturated carbocycles. The summed E-state index contributed by atoms with van der Waals surface area (Å²) < 4.78 is 23.5. The van der Waals surface area contributed by atoms with Gasteiger partial charge < -0.3 is 15.5 Å². The number of likely N-dealkylation sites (N-methyl/N-ethyl adjacent to an activating group) is 1. The third-order valence-corrected chi connectivity index (χ3v) is 4.70. The molecule has 0 spiro atoms. The van der Waals surface area contributed by atoms with Crippen LogP contribution in [0.15, 0.2) is 23.1 Å². The van der Waals surface area contributed by atoms with Crippen molar-refractivity contribution in [2.24, 2.45) is 5.14 Å². The summed E-state index contributed by atoms with van der Waals surface area (Å²) in [4.78, 5) is 4.35. The number of anilines is 2. The number of nitrogen functional groups attached to an aromatic ring is 1. The predicted octanol–water partition coefficient (Wildman–Crippen LogP) is 0.447.